The molecule has 1 saturated heterocycles. The number of carbonyl (C=O) groups excluding carboxylic acids is 1. The minimum atomic E-state index is -4.35. The maximum Gasteiger partial charge on any atom is 0.422 e. The summed E-state index contributed by atoms with van der Waals surface area (Å²) >= 11 is 1.22. The minimum Gasteiger partial charge on any atom is -0.460 e. The van der Waals surface area contributed by atoms with Crippen LogP contribution in [-0.2, 0) is 35.8 Å². The van der Waals surface area contributed by atoms with Crippen molar-refractivity contribution in [1.29, 1.82) is 0 Å². The molecule has 2 atom stereocenters. The molecule has 1 amide bonds. The van der Waals surface area contributed by atoms with Crippen molar-refractivity contribution < 1.29 is 27.4 Å². The smallest absolute Gasteiger partial charge is 0.422 e. The number of aromatic nitrogens is 3. The van der Waals surface area contributed by atoms with Crippen LogP contribution in [-0.4, -0.2) is 76.7 Å². The molecule has 1 fully saturated rings. The van der Waals surface area contributed by atoms with Crippen LogP contribution < -0.4 is 10.1 Å². The molecule has 4 heterocycles. The summed E-state index contributed by atoms with van der Waals surface area (Å²) in [7, 11) is 1.83. The highest BCUT2D eigenvalue weighted by molar-refractivity contribution is 7.13. The lowest BCUT2D eigenvalue weighted by Crippen LogP contribution is -2.44. The maximum absolute atomic E-state index is 12.4. The molecule has 0 saturated carbocycles. The van der Waals surface area contributed by atoms with Crippen LogP contribution in [0.3, 0.4) is 0 Å². The van der Waals surface area contributed by atoms with Crippen molar-refractivity contribution in [3.8, 4) is 5.19 Å². The van der Waals surface area contributed by atoms with E-state index in [0.717, 1.165) is 61.5 Å². The summed E-state index contributed by atoms with van der Waals surface area (Å²) < 4.78 is 49.5. The number of ether oxygens (including phenoxy) is 2. The predicted molar refractivity (Wildman–Crippen MR) is 120 cm³/mol. The SMILES string of the molecule is Cn1cc(CC(=O)N[C@H]2CC[C@H](CCN3CCc4nc(OCC(F)(F)F)sc4CC3)OC2)cn1. The average molecular weight is 502 g/mol. The monoisotopic (exact) mass is 501 g/mol. The molecule has 34 heavy (non-hydrogen) atoms. The molecule has 4 rings (SSSR count). The van der Waals surface area contributed by atoms with E-state index in [2.05, 4.69) is 20.3 Å². The molecule has 0 aromatic carbocycles. The Hall–Kier alpha value is -2.18. The first-order valence-corrected chi connectivity index (χ1v) is 12.3. The highest BCUT2D eigenvalue weighted by atomic mass is 32.1. The topological polar surface area (TPSA) is 81.5 Å². The van der Waals surface area contributed by atoms with Crippen LogP contribution >= 0.6 is 11.3 Å². The van der Waals surface area contributed by atoms with Crippen LogP contribution in [0.15, 0.2) is 12.4 Å². The quantitative estimate of drug-likeness (QED) is 0.599. The van der Waals surface area contributed by atoms with E-state index in [4.69, 9.17) is 9.47 Å². The van der Waals surface area contributed by atoms with E-state index < -0.39 is 12.8 Å². The molecule has 12 heteroatoms. The predicted octanol–water partition coefficient (Wildman–Crippen LogP) is 2.51. The summed E-state index contributed by atoms with van der Waals surface area (Å²) in [5.74, 6) is -0.0161. The number of hydrogen-bond donors (Lipinski definition) is 1. The summed E-state index contributed by atoms with van der Waals surface area (Å²) in [6.07, 6.45) is 3.85. The van der Waals surface area contributed by atoms with Crippen molar-refractivity contribution in [2.75, 3.05) is 32.8 Å². The average Bonchev–Trinajstić information content (AvgIpc) is 3.32. The van der Waals surface area contributed by atoms with Gasteiger partial charge in [-0.2, -0.15) is 18.3 Å². The zero-order valence-corrected chi connectivity index (χ0v) is 20.0. The van der Waals surface area contributed by atoms with Gasteiger partial charge in [-0.15, -0.1) is 0 Å². The molecule has 0 spiro atoms. The van der Waals surface area contributed by atoms with Crippen LogP contribution in [0.4, 0.5) is 13.2 Å². The standard InChI is InChI=1S/C22H30F3N5O3S/c1-29-12-15(11-26-29)10-20(31)27-16-2-3-17(32-13-16)4-7-30-8-5-18-19(6-9-30)34-21(28-18)33-14-22(23,24)25/h11-12,16-17H,2-10,13-14H2,1H3,(H,27,31)/t16-,17+/m0/s1. The van der Waals surface area contributed by atoms with Gasteiger partial charge in [-0.1, -0.05) is 11.3 Å². The first kappa shape index (κ1) is 24.9. The fraction of sp³-hybridized carbons (Fsp3) is 0.682. The highest BCUT2D eigenvalue weighted by Gasteiger charge is 2.30. The van der Waals surface area contributed by atoms with E-state index in [0.29, 0.717) is 19.4 Å². The van der Waals surface area contributed by atoms with Gasteiger partial charge in [0.1, 0.15) is 0 Å². The molecule has 0 radical (unpaired) electrons. The summed E-state index contributed by atoms with van der Waals surface area (Å²) in [5, 5.41) is 7.24. The van der Waals surface area contributed by atoms with Crippen molar-refractivity contribution in [3.05, 3.63) is 28.5 Å². The molecule has 8 nitrogen and oxygen atoms in total. The second-order valence-corrected chi connectivity index (χ2v) is 9.93. The first-order chi connectivity index (χ1) is 16.2. The van der Waals surface area contributed by atoms with E-state index in [1.165, 1.54) is 11.3 Å². The Bertz CT molecular complexity index is 930. The Balaban J connectivity index is 1.13. The molecule has 2 aliphatic heterocycles. The van der Waals surface area contributed by atoms with Crippen molar-refractivity contribution >= 4 is 17.2 Å². The van der Waals surface area contributed by atoms with Gasteiger partial charge in [0, 0.05) is 44.2 Å². The largest absolute Gasteiger partial charge is 0.460 e. The number of nitrogens with one attached hydrogen (secondary N) is 1. The van der Waals surface area contributed by atoms with Crippen molar-refractivity contribution in [2.24, 2.45) is 7.05 Å². The highest BCUT2D eigenvalue weighted by Crippen LogP contribution is 2.29. The lowest BCUT2D eigenvalue weighted by molar-refractivity contribution is -0.153. The van der Waals surface area contributed by atoms with E-state index in [1.807, 2.05) is 13.2 Å². The van der Waals surface area contributed by atoms with Crippen molar-refractivity contribution in [1.82, 2.24) is 25.0 Å². The third-order valence-corrected chi connectivity index (χ3v) is 7.13. The van der Waals surface area contributed by atoms with Gasteiger partial charge >= 0.3 is 6.18 Å². The summed E-state index contributed by atoms with van der Waals surface area (Å²) in [4.78, 5) is 19.9. The molecular weight excluding hydrogens is 471 g/mol. The Morgan fingerprint density at radius 3 is 2.85 bits per heavy atom. The van der Waals surface area contributed by atoms with Gasteiger partial charge in [-0.3, -0.25) is 9.48 Å². The summed E-state index contributed by atoms with van der Waals surface area (Å²) in [6, 6.07) is 0.0365. The number of rotatable bonds is 8. The number of fused-ring (bicyclic) bond motifs is 1. The number of thiazole rings is 1. The molecule has 188 valence electrons. The van der Waals surface area contributed by atoms with Crippen molar-refractivity contribution in [2.45, 2.75) is 56.8 Å². The van der Waals surface area contributed by atoms with Crippen LogP contribution in [0.25, 0.3) is 0 Å². The van der Waals surface area contributed by atoms with Crippen LogP contribution in [0.1, 0.15) is 35.4 Å². The third-order valence-electron chi connectivity index (χ3n) is 6.06. The number of hydrogen-bond acceptors (Lipinski definition) is 7. The molecule has 0 unspecified atom stereocenters. The molecular formula is C22H30F3N5O3S. The Labute approximate surface area is 200 Å². The second-order valence-electron chi connectivity index (χ2n) is 8.88. The van der Waals surface area contributed by atoms with Gasteiger partial charge in [-0.05, 0) is 31.2 Å². The van der Waals surface area contributed by atoms with E-state index in [1.54, 1.807) is 10.9 Å². The number of alkyl halides is 3. The second kappa shape index (κ2) is 11.0. The maximum atomic E-state index is 12.4. The zero-order valence-electron chi connectivity index (χ0n) is 19.1. The van der Waals surface area contributed by atoms with E-state index >= 15 is 0 Å². The lowest BCUT2D eigenvalue weighted by Gasteiger charge is -2.31. The molecule has 0 bridgehead atoms. The van der Waals surface area contributed by atoms with Crippen LogP contribution in [0, 0.1) is 0 Å². The third kappa shape index (κ3) is 7.41. The van der Waals surface area contributed by atoms with Gasteiger partial charge in [0.05, 0.1) is 37.1 Å². The van der Waals surface area contributed by atoms with Crippen molar-refractivity contribution in [3.63, 3.8) is 0 Å². The number of halogens is 3. The molecule has 2 aromatic rings. The number of nitrogens with zero attached hydrogens (tertiary/aromatic N) is 4. The summed E-state index contributed by atoms with van der Waals surface area (Å²) in [5.41, 5.74) is 1.74. The van der Waals surface area contributed by atoms with Crippen LogP contribution in [0.2, 0.25) is 0 Å². The fourth-order valence-electron chi connectivity index (χ4n) is 4.32. The normalized spacial score (nSPS) is 21.6. The van der Waals surface area contributed by atoms with Gasteiger partial charge < -0.3 is 19.7 Å². The Morgan fingerprint density at radius 1 is 1.32 bits per heavy atom. The number of aryl methyl sites for hydroxylation is 1. The zero-order chi connectivity index (χ0) is 24.1. The van der Waals surface area contributed by atoms with Gasteiger partial charge in [0.15, 0.2) is 6.61 Å². The molecule has 0 aliphatic carbocycles. The Kier molecular flexibility index (Phi) is 8.10. The molecule has 2 aliphatic rings. The molecule has 2 aromatic heterocycles. The van der Waals surface area contributed by atoms with Gasteiger partial charge in [-0.25, -0.2) is 4.98 Å². The van der Waals surface area contributed by atoms with Gasteiger partial charge in [0.25, 0.3) is 5.19 Å². The Morgan fingerprint density at radius 2 is 2.15 bits per heavy atom. The minimum absolute atomic E-state index is 0.0161. The summed E-state index contributed by atoms with van der Waals surface area (Å²) in [6.45, 7) is 1.77. The fourth-order valence-corrected chi connectivity index (χ4v) is 5.26. The number of carbonyl (C=O) groups is 1. The first-order valence-electron chi connectivity index (χ1n) is 11.5. The van der Waals surface area contributed by atoms with Crippen LogP contribution in [0.5, 0.6) is 5.19 Å². The lowest BCUT2D eigenvalue weighted by atomic mass is 10.0. The van der Waals surface area contributed by atoms with E-state index in [-0.39, 0.29) is 23.2 Å². The molecule has 1 N–H and O–H groups in total. The van der Waals surface area contributed by atoms with Gasteiger partial charge in [0.2, 0.25) is 5.91 Å². The number of amides is 1. The van der Waals surface area contributed by atoms with E-state index in [9.17, 15) is 18.0 Å².